The molecule has 0 aliphatic carbocycles. The molecular weight excluding hydrogens is 372 g/mol. The molecule has 0 saturated heterocycles. The zero-order valence-electron chi connectivity index (χ0n) is 16.2. The zero-order valence-corrected chi connectivity index (χ0v) is 16.2. The van der Waals surface area contributed by atoms with Gasteiger partial charge in [-0.15, -0.1) is 0 Å². The monoisotopic (exact) mass is 392 g/mol. The number of esters is 2. The van der Waals surface area contributed by atoms with Gasteiger partial charge in [0, 0.05) is 23.1 Å². The molecule has 0 atom stereocenters. The van der Waals surface area contributed by atoms with Crippen molar-refractivity contribution in [3.63, 3.8) is 0 Å². The van der Waals surface area contributed by atoms with Gasteiger partial charge in [0.05, 0.1) is 25.3 Å². The molecule has 3 aromatic rings. The second-order valence-corrected chi connectivity index (χ2v) is 6.11. The normalized spacial score (nSPS) is 10.2. The minimum atomic E-state index is -0.424. The second kappa shape index (κ2) is 8.83. The van der Waals surface area contributed by atoms with Crippen molar-refractivity contribution in [2.75, 3.05) is 24.9 Å². The number of nitrogens with one attached hydrogen (secondary N) is 2. The van der Waals surface area contributed by atoms with Crippen molar-refractivity contribution in [1.29, 1.82) is 0 Å². The Bertz CT molecular complexity index is 973. The van der Waals surface area contributed by atoms with Crippen molar-refractivity contribution >= 4 is 35.1 Å². The van der Waals surface area contributed by atoms with E-state index < -0.39 is 11.9 Å². The molecule has 2 N–H and O–H groups in total. The minimum absolute atomic E-state index is 0.360. The largest absolute Gasteiger partial charge is 0.465 e. The molecule has 0 spiro atoms. The van der Waals surface area contributed by atoms with E-state index in [2.05, 4.69) is 20.6 Å². The highest BCUT2D eigenvalue weighted by atomic mass is 16.5. The highest BCUT2D eigenvalue weighted by molar-refractivity contribution is 5.91. The lowest BCUT2D eigenvalue weighted by atomic mass is 10.2. The van der Waals surface area contributed by atoms with Crippen molar-refractivity contribution in [2.24, 2.45) is 0 Å². The number of hydrogen-bond donors (Lipinski definition) is 2. The third-order valence-corrected chi connectivity index (χ3v) is 3.95. The number of aromatic nitrogens is 2. The van der Waals surface area contributed by atoms with Crippen LogP contribution in [-0.2, 0) is 9.47 Å². The topological polar surface area (TPSA) is 102 Å². The van der Waals surface area contributed by atoms with E-state index in [1.165, 1.54) is 14.2 Å². The number of hydrogen-bond acceptors (Lipinski definition) is 8. The number of benzene rings is 2. The Morgan fingerprint density at radius 3 is 1.90 bits per heavy atom. The summed E-state index contributed by atoms with van der Waals surface area (Å²) >= 11 is 0. The molecule has 0 aliphatic heterocycles. The first-order valence-corrected chi connectivity index (χ1v) is 8.75. The summed E-state index contributed by atoms with van der Waals surface area (Å²) in [5.41, 5.74) is 2.92. The van der Waals surface area contributed by atoms with Gasteiger partial charge in [0.1, 0.15) is 5.82 Å². The Hall–Kier alpha value is -3.94. The van der Waals surface area contributed by atoms with Crippen molar-refractivity contribution in [2.45, 2.75) is 6.92 Å². The predicted molar refractivity (Wildman–Crippen MR) is 109 cm³/mol. The zero-order chi connectivity index (χ0) is 20.8. The molecule has 0 amide bonds. The van der Waals surface area contributed by atoms with Gasteiger partial charge in [-0.3, -0.25) is 0 Å². The molecule has 0 fully saturated rings. The van der Waals surface area contributed by atoms with Crippen LogP contribution in [0.2, 0.25) is 0 Å². The van der Waals surface area contributed by atoms with Crippen LogP contribution >= 0.6 is 0 Å². The van der Waals surface area contributed by atoms with Gasteiger partial charge in [0.2, 0.25) is 5.95 Å². The first-order valence-electron chi connectivity index (χ1n) is 8.75. The van der Waals surface area contributed by atoms with Crippen LogP contribution in [0.15, 0.2) is 54.6 Å². The summed E-state index contributed by atoms with van der Waals surface area (Å²) < 4.78 is 9.49. The van der Waals surface area contributed by atoms with Crippen LogP contribution in [0.25, 0.3) is 0 Å². The van der Waals surface area contributed by atoms with E-state index in [0.717, 1.165) is 5.69 Å². The second-order valence-electron chi connectivity index (χ2n) is 6.11. The number of rotatable bonds is 6. The average Bonchev–Trinajstić information content (AvgIpc) is 2.72. The fraction of sp³-hybridized carbons (Fsp3) is 0.143. The maximum Gasteiger partial charge on any atom is 0.337 e. The third kappa shape index (κ3) is 5.07. The summed E-state index contributed by atoms with van der Waals surface area (Å²) in [6.45, 7) is 1.84. The first-order chi connectivity index (χ1) is 14.0. The van der Waals surface area contributed by atoms with Gasteiger partial charge in [0.25, 0.3) is 0 Å². The van der Waals surface area contributed by atoms with Crippen molar-refractivity contribution in [3.05, 3.63) is 71.4 Å². The summed E-state index contributed by atoms with van der Waals surface area (Å²) in [4.78, 5) is 32.2. The van der Waals surface area contributed by atoms with Gasteiger partial charge in [-0.2, -0.15) is 4.98 Å². The summed E-state index contributed by atoms with van der Waals surface area (Å²) in [5.74, 6) is 0.0665. The van der Waals surface area contributed by atoms with E-state index in [1.54, 1.807) is 48.5 Å². The number of carbonyl (C=O) groups excluding carboxylic acids is 2. The van der Waals surface area contributed by atoms with Crippen molar-refractivity contribution in [3.8, 4) is 0 Å². The van der Waals surface area contributed by atoms with E-state index in [4.69, 9.17) is 9.47 Å². The minimum Gasteiger partial charge on any atom is -0.465 e. The number of nitrogens with zero attached hydrogens (tertiary/aromatic N) is 2. The molecule has 0 unspecified atom stereocenters. The molecule has 29 heavy (non-hydrogen) atoms. The highest BCUT2D eigenvalue weighted by Gasteiger charge is 2.09. The van der Waals surface area contributed by atoms with E-state index in [0.29, 0.717) is 34.3 Å². The van der Waals surface area contributed by atoms with Crippen molar-refractivity contribution in [1.82, 2.24) is 9.97 Å². The molecule has 2 aromatic carbocycles. The maximum absolute atomic E-state index is 11.7. The third-order valence-electron chi connectivity index (χ3n) is 3.95. The molecule has 8 nitrogen and oxygen atoms in total. The lowest BCUT2D eigenvalue weighted by molar-refractivity contribution is 0.0592. The quantitative estimate of drug-likeness (QED) is 0.610. The van der Waals surface area contributed by atoms with Crippen LogP contribution in [0.1, 0.15) is 26.4 Å². The Kier molecular flexibility index (Phi) is 6.03. The smallest absolute Gasteiger partial charge is 0.337 e. The SMILES string of the molecule is COC(=O)c1cccc(Nc2cc(C)nc(Nc3cccc(C(=O)OC)c3)n2)c1. The standard InChI is InChI=1S/C21H20N4O4/c1-13-10-18(23-16-8-4-6-14(11-16)19(26)28-2)25-21(22-13)24-17-9-5-7-15(12-17)20(27)29-3/h4-12H,1-3H3,(H2,22,23,24,25). The van der Waals surface area contributed by atoms with Gasteiger partial charge in [-0.05, 0) is 43.3 Å². The molecule has 0 aliphatic rings. The van der Waals surface area contributed by atoms with E-state index in [9.17, 15) is 9.59 Å². The predicted octanol–water partition coefficient (Wildman–Crippen LogP) is 3.85. The summed E-state index contributed by atoms with van der Waals surface area (Å²) in [5, 5.41) is 6.24. The van der Waals surface area contributed by atoms with Gasteiger partial charge in [-0.25, -0.2) is 14.6 Å². The number of anilines is 4. The van der Waals surface area contributed by atoms with E-state index in [1.807, 2.05) is 13.0 Å². The molecule has 148 valence electrons. The lowest BCUT2D eigenvalue weighted by Crippen LogP contribution is -2.05. The fourth-order valence-corrected chi connectivity index (χ4v) is 2.65. The van der Waals surface area contributed by atoms with Crippen molar-refractivity contribution < 1.29 is 19.1 Å². The van der Waals surface area contributed by atoms with Crippen LogP contribution in [0.3, 0.4) is 0 Å². The number of carbonyl (C=O) groups is 2. The van der Waals surface area contributed by atoms with Gasteiger partial charge in [0.15, 0.2) is 0 Å². The molecular formula is C21H20N4O4. The Balaban J connectivity index is 1.82. The lowest BCUT2D eigenvalue weighted by Gasteiger charge is -2.11. The fourth-order valence-electron chi connectivity index (χ4n) is 2.65. The van der Waals surface area contributed by atoms with Gasteiger partial charge in [-0.1, -0.05) is 12.1 Å². The maximum atomic E-state index is 11.7. The highest BCUT2D eigenvalue weighted by Crippen LogP contribution is 2.21. The molecule has 0 radical (unpaired) electrons. The Morgan fingerprint density at radius 1 is 0.793 bits per heavy atom. The molecule has 3 rings (SSSR count). The van der Waals surface area contributed by atoms with Gasteiger partial charge >= 0.3 is 11.9 Å². The molecule has 0 saturated carbocycles. The summed E-state index contributed by atoms with van der Waals surface area (Å²) in [7, 11) is 2.67. The Labute approximate surface area is 167 Å². The van der Waals surface area contributed by atoms with Crippen LogP contribution < -0.4 is 10.6 Å². The molecule has 8 heteroatoms. The average molecular weight is 392 g/mol. The van der Waals surface area contributed by atoms with Crippen LogP contribution in [-0.4, -0.2) is 36.1 Å². The van der Waals surface area contributed by atoms with Gasteiger partial charge < -0.3 is 20.1 Å². The number of methoxy groups -OCH3 is 2. The molecule has 1 heterocycles. The summed E-state index contributed by atoms with van der Waals surface area (Å²) in [6.07, 6.45) is 0. The summed E-state index contributed by atoms with van der Waals surface area (Å²) in [6, 6.07) is 15.5. The van der Waals surface area contributed by atoms with Crippen LogP contribution in [0.4, 0.5) is 23.1 Å². The van der Waals surface area contributed by atoms with E-state index >= 15 is 0 Å². The van der Waals surface area contributed by atoms with E-state index in [-0.39, 0.29) is 0 Å². The first kappa shape index (κ1) is 19.8. The van der Waals surface area contributed by atoms with Crippen LogP contribution in [0.5, 0.6) is 0 Å². The number of aryl methyl sites for hydroxylation is 1. The number of ether oxygens (including phenoxy) is 2. The Morgan fingerprint density at radius 2 is 1.34 bits per heavy atom. The van der Waals surface area contributed by atoms with Crippen LogP contribution in [0, 0.1) is 6.92 Å². The molecule has 1 aromatic heterocycles. The molecule has 0 bridgehead atoms.